The van der Waals surface area contributed by atoms with Gasteiger partial charge in [0.2, 0.25) is 5.91 Å². The molecular weight excluding hydrogens is 370 g/mol. The highest BCUT2D eigenvalue weighted by atomic mass is 32.1. The third-order valence-electron chi connectivity index (χ3n) is 5.07. The smallest absolute Gasteiger partial charge is 0.228 e. The predicted octanol–water partition coefficient (Wildman–Crippen LogP) is 3.97. The second-order valence-electron chi connectivity index (χ2n) is 7.16. The standard InChI is InChI=1S/C22H31N3O2S/c1-3-24-17-7-5-13-25(22(26)15-17)18-8-4-9-19(16-18)27-20(11-12-23-2)21-10-6-14-28-21/h4,6,8-10,14,16-17,20,23-24H,3,5,7,11-13,15H2,1-2H3/t17?,20-/m0/s1. The topological polar surface area (TPSA) is 53.6 Å². The maximum Gasteiger partial charge on any atom is 0.228 e. The van der Waals surface area contributed by atoms with E-state index in [9.17, 15) is 4.79 Å². The van der Waals surface area contributed by atoms with E-state index in [4.69, 9.17) is 4.74 Å². The average molecular weight is 402 g/mol. The molecule has 1 amide bonds. The summed E-state index contributed by atoms with van der Waals surface area (Å²) in [7, 11) is 1.96. The highest BCUT2D eigenvalue weighted by molar-refractivity contribution is 7.10. The lowest BCUT2D eigenvalue weighted by atomic mass is 10.1. The van der Waals surface area contributed by atoms with Crippen molar-refractivity contribution in [1.29, 1.82) is 0 Å². The number of hydrogen-bond acceptors (Lipinski definition) is 5. The van der Waals surface area contributed by atoms with E-state index in [2.05, 4.69) is 35.1 Å². The van der Waals surface area contributed by atoms with Gasteiger partial charge in [0.1, 0.15) is 11.9 Å². The zero-order valence-electron chi connectivity index (χ0n) is 16.8. The molecule has 1 aliphatic heterocycles. The quantitative estimate of drug-likeness (QED) is 0.668. The number of rotatable bonds is 9. The summed E-state index contributed by atoms with van der Waals surface area (Å²) in [5.41, 5.74) is 0.929. The molecule has 152 valence electrons. The number of thiophene rings is 1. The van der Waals surface area contributed by atoms with Crippen molar-refractivity contribution >= 4 is 22.9 Å². The summed E-state index contributed by atoms with van der Waals surface area (Å²) in [5.74, 6) is 0.998. The molecule has 6 heteroatoms. The minimum atomic E-state index is 0.0145. The van der Waals surface area contributed by atoms with Crippen molar-refractivity contribution in [3.05, 3.63) is 46.7 Å². The van der Waals surface area contributed by atoms with Crippen molar-refractivity contribution in [3.8, 4) is 5.75 Å². The molecule has 0 saturated carbocycles. The van der Waals surface area contributed by atoms with Crippen LogP contribution in [0.4, 0.5) is 5.69 Å². The monoisotopic (exact) mass is 401 g/mol. The Kier molecular flexibility index (Phi) is 7.89. The number of hydrogen-bond donors (Lipinski definition) is 2. The SMILES string of the molecule is CCNC1CCCN(c2cccc(O[C@@H](CCNC)c3cccs3)c2)C(=O)C1. The van der Waals surface area contributed by atoms with Crippen molar-refractivity contribution in [3.63, 3.8) is 0 Å². The highest BCUT2D eigenvalue weighted by Crippen LogP contribution is 2.31. The van der Waals surface area contributed by atoms with Crippen LogP contribution in [0.3, 0.4) is 0 Å². The van der Waals surface area contributed by atoms with Gasteiger partial charge in [0.05, 0.1) is 0 Å². The molecule has 0 bridgehead atoms. The molecular formula is C22H31N3O2S. The Morgan fingerprint density at radius 3 is 2.96 bits per heavy atom. The Hall–Kier alpha value is -1.89. The summed E-state index contributed by atoms with van der Waals surface area (Å²) >= 11 is 1.72. The zero-order valence-corrected chi connectivity index (χ0v) is 17.6. The first-order valence-corrected chi connectivity index (χ1v) is 11.1. The third-order valence-corrected chi connectivity index (χ3v) is 6.04. The fraction of sp³-hybridized carbons (Fsp3) is 0.500. The van der Waals surface area contributed by atoms with E-state index in [1.807, 2.05) is 36.2 Å². The summed E-state index contributed by atoms with van der Waals surface area (Å²) in [6.45, 7) is 4.64. The van der Waals surface area contributed by atoms with Crippen LogP contribution in [-0.4, -0.2) is 38.6 Å². The van der Waals surface area contributed by atoms with Gasteiger partial charge < -0.3 is 20.3 Å². The molecule has 1 saturated heterocycles. The van der Waals surface area contributed by atoms with Crippen molar-refractivity contribution in [1.82, 2.24) is 10.6 Å². The van der Waals surface area contributed by atoms with Gasteiger partial charge in [-0.1, -0.05) is 19.1 Å². The number of anilines is 1. The number of benzene rings is 1. The number of amides is 1. The lowest BCUT2D eigenvalue weighted by molar-refractivity contribution is -0.118. The summed E-state index contributed by atoms with van der Waals surface area (Å²) in [5, 5.41) is 8.71. The molecule has 1 fully saturated rings. The first-order valence-electron chi connectivity index (χ1n) is 10.2. The van der Waals surface area contributed by atoms with Crippen LogP contribution in [0.1, 0.15) is 43.6 Å². The Balaban J connectivity index is 1.73. The van der Waals surface area contributed by atoms with Crippen molar-refractivity contribution < 1.29 is 9.53 Å². The van der Waals surface area contributed by atoms with Gasteiger partial charge in [0.15, 0.2) is 0 Å². The Bertz CT molecular complexity index is 735. The molecule has 2 aromatic rings. The van der Waals surface area contributed by atoms with Gasteiger partial charge in [-0.15, -0.1) is 11.3 Å². The van der Waals surface area contributed by atoms with Gasteiger partial charge in [0, 0.05) is 42.1 Å². The molecule has 1 aromatic heterocycles. The van der Waals surface area contributed by atoms with Gasteiger partial charge in [-0.2, -0.15) is 0 Å². The van der Waals surface area contributed by atoms with Crippen LogP contribution in [0.25, 0.3) is 0 Å². The van der Waals surface area contributed by atoms with E-state index >= 15 is 0 Å². The van der Waals surface area contributed by atoms with Crippen molar-refractivity contribution in [2.45, 2.75) is 44.8 Å². The van der Waals surface area contributed by atoms with E-state index in [0.717, 1.165) is 50.3 Å². The number of ether oxygens (including phenoxy) is 1. The molecule has 0 radical (unpaired) electrons. The summed E-state index contributed by atoms with van der Waals surface area (Å²) in [6.07, 6.45) is 3.51. The van der Waals surface area contributed by atoms with Gasteiger partial charge in [-0.25, -0.2) is 0 Å². The maximum absolute atomic E-state index is 12.8. The van der Waals surface area contributed by atoms with E-state index in [1.54, 1.807) is 11.3 Å². The third kappa shape index (κ3) is 5.56. The van der Waals surface area contributed by atoms with E-state index in [1.165, 1.54) is 4.88 Å². The molecule has 0 spiro atoms. The molecule has 5 nitrogen and oxygen atoms in total. The normalized spacial score (nSPS) is 18.7. The molecule has 2 N–H and O–H groups in total. The molecule has 28 heavy (non-hydrogen) atoms. The predicted molar refractivity (Wildman–Crippen MR) is 116 cm³/mol. The molecule has 1 aromatic carbocycles. The second-order valence-corrected chi connectivity index (χ2v) is 8.14. The van der Waals surface area contributed by atoms with E-state index < -0.39 is 0 Å². The average Bonchev–Trinajstić information content (AvgIpc) is 3.16. The minimum Gasteiger partial charge on any atom is -0.485 e. The highest BCUT2D eigenvalue weighted by Gasteiger charge is 2.24. The number of carbonyl (C=O) groups excluding carboxylic acids is 1. The lowest BCUT2D eigenvalue weighted by Crippen LogP contribution is -2.34. The summed E-state index contributed by atoms with van der Waals surface area (Å²) in [6, 6.07) is 12.4. The molecule has 2 atom stereocenters. The van der Waals surface area contributed by atoms with Crippen LogP contribution in [-0.2, 0) is 4.79 Å². The maximum atomic E-state index is 12.8. The van der Waals surface area contributed by atoms with E-state index in [0.29, 0.717) is 6.42 Å². The van der Waals surface area contributed by atoms with Crippen molar-refractivity contribution in [2.75, 3.05) is 31.6 Å². The number of nitrogens with zero attached hydrogens (tertiary/aromatic N) is 1. The number of carbonyl (C=O) groups is 1. The molecule has 1 aliphatic rings. The van der Waals surface area contributed by atoms with Crippen molar-refractivity contribution in [2.24, 2.45) is 0 Å². The number of nitrogens with one attached hydrogen (secondary N) is 2. The summed E-state index contributed by atoms with van der Waals surface area (Å²) < 4.78 is 6.34. The summed E-state index contributed by atoms with van der Waals surface area (Å²) in [4.78, 5) is 15.9. The largest absolute Gasteiger partial charge is 0.485 e. The van der Waals surface area contributed by atoms with Crippen LogP contribution in [0.15, 0.2) is 41.8 Å². The molecule has 3 rings (SSSR count). The van der Waals surface area contributed by atoms with Gasteiger partial charge in [-0.05, 0) is 56.6 Å². The zero-order chi connectivity index (χ0) is 19.8. The van der Waals surface area contributed by atoms with Crippen LogP contribution >= 0.6 is 11.3 Å². The van der Waals surface area contributed by atoms with Crippen LogP contribution in [0, 0.1) is 0 Å². The van der Waals surface area contributed by atoms with Crippen LogP contribution in [0.5, 0.6) is 5.75 Å². The lowest BCUT2D eigenvalue weighted by Gasteiger charge is -2.23. The fourth-order valence-corrected chi connectivity index (χ4v) is 4.47. The second kappa shape index (κ2) is 10.6. The fourth-order valence-electron chi connectivity index (χ4n) is 3.68. The Morgan fingerprint density at radius 2 is 2.21 bits per heavy atom. The minimum absolute atomic E-state index is 0.0145. The molecule has 0 aliphatic carbocycles. The van der Waals surface area contributed by atoms with Gasteiger partial charge in [0.25, 0.3) is 0 Å². The van der Waals surface area contributed by atoms with Crippen LogP contribution < -0.4 is 20.3 Å². The first kappa shape index (κ1) is 20.8. The van der Waals surface area contributed by atoms with Crippen LogP contribution in [0.2, 0.25) is 0 Å². The molecule has 1 unspecified atom stereocenters. The first-order chi connectivity index (χ1) is 13.7. The van der Waals surface area contributed by atoms with Gasteiger partial charge >= 0.3 is 0 Å². The Labute approximate surface area is 172 Å². The van der Waals surface area contributed by atoms with Gasteiger partial charge in [-0.3, -0.25) is 4.79 Å². The Morgan fingerprint density at radius 1 is 1.32 bits per heavy atom. The van der Waals surface area contributed by atoms with E-state index in [-0.39, 0.29) is 18.1 Å². The molecule has 2 heterocycles.